The maximum absolute atomic E-state index is 13.0. The number of nitro groups is 1. The van der Waals surface area contributed by atoms with Crippen molar-refractivity contribution in [2.45, 2.75) is 6.18 Å². The zero-order valence-electron chi connectivity index (χ0n) is 14.5. The van der Waals surface area contributed by atoms with Crippen molar-refractivity contribution in [1.82, 2.24) is 9.97 Å². The Morgan fingerprint density at radius 1 is 1.07 bits per heavy atom. The summed E-state index contributed by atoms with van der Waals surface area (Å²) in [6.45, 7) is 0. The standard InChI is InChI=1S/C19H11F3N4O2S/c20-19(21,22)12-4-2-5-13(8-12)25-17-16-15(9-29-18(16)24-10-23-17)11-3-1-6-14(7-11)26(27)28/h1-10H,(H,23,24,25). The number of halogens is 3. The van der Waals surface area contributed by atoms with Crippen LogP contribution in [0.4, 0.5) is 30.4 Å². The highest BCUT2D eigenvalue weighted by Crippen LogP contribution is 2.39. The molecule has 0 aliphatic rings. The summed E-state index contributed by atoms with van der Waals surface area (Å²) >= 11 is 1.31. The van der Waals surface area contributed by atoms with Gasteiger partial charge in [-0.2, -0.15) is 13.2 Å². The van der Waals surface area contributed by atoms with E-state index in [0.717, 1.165) is 12.1 Å². The summed E-state index contributed by atoms with van der Waals surface area (Å²) < 4.78 is 39.0. The second kappa shape index (κ2) is 7.13. The number of fused-ring (bicyclic) bond motifs is 1. The van der Waals surface area contributed by atoms with Crippen molar-refractivity contribution in [2.75, 3.05) is 5.32 Å². The number of non-ortho nitro benzene ring substituents is 1. The Labute approximate surface area is 165 Å². The van der Waals surface area contributed by atoms with E-state index in [-0.39, 0.29) is 11.4 Å². The lowest BCUT2D eigenvalue weighted by Crippen LogP contribution is -2.05. The van der Waals surface area contributed by atoms with Crippen LogP contribution in [0.3, 0.4) is 0 Å². The lowest BCUT2D eigenvalue weighted by atomic mass is 10.1. The molecule has 0 aliphatic carbocycles. The second-order valence-electron chi connectivity index (χ2n) is 6.06. The van der Waals surface area contributed by atoms with E-state index in [4.69, 9.17) is 0 Å². The summed E-state index contributed by atoms with van der Waals surface area (Å²) in [6, 6.07) is 10.9. The van der Waals surface area contributed by atoms with Gasteiger partial charge in [0.1, 0.15) is 17.0 Å². The highest BCUT2D eigenvalue weighted by molar-refractivity contribution is 7.17. The van der Waals surface area contributed by atoms with Gasteiger partial charge in [0.05, 0.1) is 15.9 Å². The normalized spacial score (nSPS) is 11.6. The lowest BCUT2D eigenvalue weighted by Gasteiger charge is -2.11. The molecule has 0 unspecified atom stereocenters. The van der Waals surface area contributed by atoms with E-state index >= 15 is 0 Å². The van der Waals surface area contributed by atoms with Crippen molar-refractivity contribution < 1.29 is 18.1 Å². The first kappa shape index (κ1) is 18.8. The third-order valence-corrected chi connectivity index (χ3v) is 5.08. The average molecular weight is 416 g/mol. The van der Waals surface area contributed by atoms with E-state index < -0.39 is 16.7 Å². The van der Waals surface area contributed by atoms with Gasteiger partial charge in [-0.1, -0.05) is 18.2 Å². The Hall–Kier alpha value is -3.53. The van der Waals surface area contributed by atoms with Crippen molar-refractivity contribution in [1.29, 1.82) is 0 Å². The summed E-state index contributed by atoms with van der Waals surface area (Å²) in [5.41, 5.74) is 0.621. The molecule has 0 aliphatic heterocycles. The predicted molar refractivity (Wildman–Crippen MR) is 104 cm³/mol. The summed E-state index contributed by atoms with van der Waals surface area (Å²) in [6.07, 6.45) is -3.15. The van der Waals surface area contributed by atoms with E-state index in [1.807, 2.05) is 0 Å². The molecule has 0 saturated carbocycles. The molecule has 10 heteroatoms. The van der Waals surface area contributed by atoms with Crippen LogP contribution in [0, 0.1) is 10.1 Å². The van der Waals surface area contributed by atoms with Crippen molar-refractivity contribution in [3.8, 4) is 11.1 Å². The topological polar surface area (TPSA) is 81.0 Å². The third kappa shape index (κ3) is 3.74. The number of benzene rings is 2. The van der Waals surface area contributed by atoms with Gasteiger partial charge >= 0.3 is 6.18 Å². The van der Waals surface area contributed by atoms with E-state index in [9.17, 15) is 23.3 Å². The van der Waals surface area contributed by atoms with Gasteiger partial charge in [-0.25, -0.2) is 9.97 Å². The predicted octanol–water partition coefficient (Wildman–Crippen LogP) is 6.03. The molecule has 6 nitrogen and oxygen atoms in total. The van der Waals surface area contributed by atoms with Gasteiger partial charge in [0.25, 0.3) is 5.69 Å². The number of nitrogens with one attached hydrogen (secondary N) is 1. The maximum atomic E-state index is 13.0. The molecule has 29 heavy (non-hydrogen) atoms. The van der Waals surface area contributed by atoms with Crippen molar-refractivity contribution in [3.05, 3.63) is 75.9 Å². The van der Waals surface area contributed by atoms with Crippen LogP contribution in [0.25, 0.3) is 21.3 Å². The molecule has 2 heterocycles. The quantitative estimate of drug-likeness (QED) is 0.325. The minimum absolute atomic E-state index is 0.0638. The van der Waals surface area contributed by atoms with E-state index in [0.29, 0.717) is 27.2 Å². The van der Waals surface area contributed by atoms with Gasteiger partial charge < -0.3 is 5.32 Å². The number of thiophene rings is 1. The van der Waals surface area contributed by atoms with Crippen LogP contribution in [-0.4, -0.2) is 14.9 Å². The highest BCUT2D eigenvalue weighted by Gasteiger charge is 2.30. The zero-order chi connectivity index (χ0) is 20.6. The second-order valence-corrected chi connectivity index (χ2v) is 6.92. The molecule has 146 valence electrons. The summed E-state index contributed by atoms with van der Waals surface area (Å²) in [5.74, 6) is 0.317. The first-order valence-electron chi connectivity index (χ1n) is 8.24. The molecule has 2 aromatic carbocycles. The van der Waals surface area contributed by atoms with Gasteiger partial charge in [-0.3, -0.25) is 10.1 Å². The zero-order valence-corrected chi connectivity index (χ0v) is 15.3. The maximum Gasteiger partial charge on any atom is 0.416 e. The summed E-state index contributed by atoms with van der Waals surface area (Å²) in [5, 5.41) is 16.4. The Kier molecular flexibility index (Phi) is 4.63. The minimum Gasteiger partial charge on any atom is -0.340 e. The van der Waals surface area contributed by atoms with Gasteiger partial charge in [0, 0.05) is 28.8 Å². The number of nitrogens with zero attached hydrogens (tertiary/aromatic N) is 3. The Morgan fingerprint density at radius 2 is 1.86 bits per heavy atom. The van der Waals surface area contributed by atoms with E-state index in [1.165, 1.54) is 41.9 Å². The molecule has 0 spiro atoms. The van der Waals surface area contributed by atoms with E-state index in [1.54, 1.807) is 17.5 Å². The van der Waals surface area contributed by atoms with Gasteiger partial charge in [-0.15, -0.1) is 11.3 Å². The third-order valence-electron chi connectivity index (χ3n) is 4.19. The molecular formula is C19H11F3N4O2S. The fourth-order valence-corrected chi connectivity index (χ4v) is 3.80. The fourth-order valence-electron chi connectivity index (χ4n) is 2.88. The minimum atomic E-state index is -4.46. The molecule has 0 atom stereocenters. The Balaban J connectivity index is 1.80. The number of alkyl halides is 3. The van der Waals surface area contributed by atoms with Gasteiger partial charge in [-0.05, 0) is 23.8 Å². The monoisotopic (exact) mass is 416 g/mol. The number of hydrogen-bond donors (Lipinski definition) is 1. The molecule has 4 aromatic rings. The van der Waals surface area contributed by atoms with Crippen LogP contribution >= 0.6 is 11.3 Å². The largest absolute Gasteiger partial charge is 0.416 e. The van der Waals surface area contributed by atoms with Crippen molar-refractivity contribution >= 4 is 38.7 Å². The van der Waals surface area contributed by atoms with Crippen LogP contribution in [0.15, 0.2) is 60.2 Å². The fraction of sp³-hybridized carbons (Fsp3) is 0.0526. The molecule has 0 radical (unpaired) electrons. The molecule has 0 saturated heterocycles. The summed E-state index contributed by atoms with van der Waals surface area (Å²) in [4.78, 5) is 19.6. The molecule has 2 aromatic heterocycles. The van der Waals surface area contributed by atoms with Crippen LogP contribution in [0.1, 0.15) is 5.56 Å². The Bertz CT molecular complexity index is 1220. The first-order valence-corrected chi connectivity index (χ1v) is 9.12. The van der Waals surface area contributed by atoms with Crippen molar-refractivity contribution in [2.24, 2.45) is 0 Å². The van der Waals surface area contributed by atoms with Crippen LogP contribution in [0.5, 0.6) is 0 Å². The molecule has 0 amide bonds. The average Bonchev–Trinajstić information content (AvgIpc) is 3.13. The number of anilines is 2. The van der Waals surface area contributed by atoms with Gasteiger partial charge in [0.15, 0.2) is 0 Å². The highest BCUT2D eigenvalue weighted by atomic mass is 32.1. The molecule has 0 fully saturated rings. The number of aromatic nitrogens is 2. The summed E-state index contributed by atoms with van der Waals surface area (Å²) in [7, 11) is 0. The smallest absolute Gasteiger partial charge is 0.340 e. The molecule has 0 bridgehead atoms. The molecule has 1 N–H and O–H groups in total. The molecule has 4 rings (SSSR count). The number of hydrogen-bond acceptors (Lipinski definition) is 6. The van der Waals surface area contributed by atoms with Crippen LogP contribution in [-0.2, 0) is 6.18 Å². The lowest BCUT2D eigenvalue weighted by molar-refractivity contribution is -0.384. The first-order chi connectivity index (χ1) is 13.8. The molecular weight excluding hydrogens is 405 g/mol. The van der Waals surface area contributed by atoms with Crippen molar-refractivity contribution in [3.63, 3.8) is 0 Å². The number of rotatable bonds is 4. The van der Waals surface area contributed by atoms with E-state index in [2.05, 4.69) is 15.3 Å². The van der Waals surface area contributed by atoms with Gasteiger partial charge in [0.2, 0.25) is 0 Å². The van der Waals surface area contributed by atoms with Crippen LogP contribution in [0.2, 0.25) is 0 Å². The van der Waals surface area contributed by atoms with Crippen LogP contribution < -0.4 is 5.32 Å². The number of nitro benzene ring substituents is 1. The Morgan fingerprint density at radius 3 is 2.62 bits per heavy atom. The SMILES string of the molecule is O=[N+]([O-])c1cccc(-c2csc3ncnc(Nc4cccc(C(F)(F)F)c4)c23)c1.